The summed E-state index contributed by atoms with van der Waals surface area (Å²) in [4.78, 5) is 24.2. The van der Waals surface area contributed by atoms with Gasteiger partial charge in [-0.1, -0.05) is 18.2 Å². The molecule has 0 amide bonds. The van der Waals surface area contributed by atoms with Gasteiger partial charge in [0, 0.05) is 12.1 Å². The van der Waals surface area contributed by atoms with E-state index in [-0.39, 0.29) is 18.2 Å². The minimum Gasteiger partial charge on any atom is -0.466 e. The number of Topliss-reactive ketones (excluding diaryl/α,β-unsaturated/α-hetero) is 1. The molecule has 0 aliphatic carbocycles. The molecule has 1 atom stereocenters. The number of ether oxygens (including phenoxy) is 1. The maximum Gasteiger partial charge on any atom is 0.307 e. The fourth-order valence-electron chi connectivity index (χ4n) is 1.97. The van der Waals surface area contributed by atoms with E-state index >= 15 is 0 Å². The predicted molar refractivity (Wildman–Crippen MR) is 83.5 cm³/mol. The van der Waals surface area contributed by atoms with Crippen molar-refractivity contribution < 1.29 is 14.3 Å². The lowest BCUT2D eigenvalue weighted by Crippen LogP contribution is -2.39. The lowest BCUT2D eigenvalue weighted by Gasteiger charge is -2.16. The smallest absolute Gasteiger partial charge is 0.307 e. The van der Waals surface area contributed by atoms with Crippen molar-refractivity contribution in [2.75, 3.05) is 13.2 Å². The van der Waals surface area contributed by atoms with Crippen LogP contribution in [0.1, 0.15) is 34.8 Å². The van der Waals surface area contributed by atoms with Gasteiger partial charge in [0.15, 0.2) is 5.78 Å². The van der Waals surface area contributed by atoms with Crippen molar-refractivity contribution >= 4 is 11.8 Å². The van der Waals surface area contributed by atoms with Gasteiger partial charge in [0.1, 0.15) is 0 Å². The van der Waals surface area contributed by atoms with E-state index in [1.807, 2.05) is 26.0 Å². The van der Waals surface area contributed by atoms with E-state index in [0.29, 0.717) is 18.7 Å². The Bertz CT molecular complexity index is 523. The van der Waals surface area contributed by atoms with Gasteiger partial charge in [-0.2, -0.15) is 0 Å². The highest BCUT2D eigenvalue weighted by atomic mass is 16.5. The van der Waals surface area contributed by atoms with Crippen LogP contribution in [-0.4, -0.2) is 30.9 Å². The molecule has 1 aromatic rings. The molecule has 1 aromatic carbocycles. The highest BCUT2D eigenvalue weighted by Crippen LogP contribution is 2.13. The van der Waals surface area contributed by atoms with Crippen LogP contribution in [0.5, 0.6) is 0 Å². The van der Waals surface area contributed by atoms with Crippen molar-refractivity contribution in [1.82, 2.24) is 5.32 Å². The molecule has 4 nitrogen and oxygen atoms in total. The van der Waals surface area contributed by atoms with Crippen LogP contribution >= 0.6 is 0 Å². The summed E-state index contributed by atoms with van der Waals surface area (Å²) in [6, 6.07) is 4.96. The average molecular weight is 289 g/mol. The molecule has 0 aliphatic rings. The molecule has 21 heavy (non-hydrogen) atoms. The molecular formula is C17H23NO3. The number of carbonyl (C=O) groups excluding carboxylic acids is 2. The third-order valence-electron chi connectivity index (χ3n) is 3.29. The molecule has 0 aromatic heterocycles. The Morgan fingerprint density at radius 1 is 1.33 bits per heavy atom. The summed E-state index contributed by atoms with van der Waals surface area (Å²) in [5, 5.41) is 3.02. The molecule has 1 unspecified atom stereocenters. The largest absolute Gasteiger partial charge is 0.466 e. The number of rotatable bonds is 8. The molecule has 0 heterocycles. The summed E-state index contributed by atoms with van der Waals surface area (Å²) in [6.45, 7) is 10.1. The number of hydrogen-bond donors (Lipinski definition) is 1. The van der Waals surface area contributed by atoms with Gasteiger partial charge in [0.05, 0.1) is 19.1 Å². The Kier molecular flexibility index (Phi) is 6.82. The monoisotopic (exact) mass is 289 g/mol. The number of benzene rings is 1. The number of carbonyl (C=O) groups is 2. The number of aryl methyl sites for hydroxylation is 2. The molecule has 1 rings (SSSR count). The topological polar surface area (TPSA) is 55.4 Å². The Balaban J connectivity index is 2.89. The number of esters is 1. The molecule has 0 saturated carbocycles. The van der Waals surface area contributed by atoms with Crippen LogP contribution in [0.3, 0.4) is 0 Å². The zero-order valence-corrected chi connectivity index (χ0v) is 12.9. The molecule has 0 saturated heterocycles. The lowest BCUT2D eigenvalue weighted by molar-refractivity contribution is -0.143. The van der Waals surface area contributed by atoms with E-state index in [1.165, 1.54) is 0 Å². The second-order valence-corrected chi connectivity index (χ2v) is 4.92. The van der Waals surface area contributed by atoms with E-state index in [0.717, 1.165) is 11.1 Å². The molecule has 4 heteroatoms. The summed E-state index contributed by atoms with van der Waals surface area (Å²) < 4.78 is 4.92. The SMILES string of the molecule is C=CCNC(CC(=O)OCC)C(=O)c1ccc(C)c(C)c1. The fraction of sp³-hybridized carbons (Fsp3) is 0.412. The molecule has 1 N–H and O–H groups in total. The molecule has 0 bridgehead atoms. The predicted octanol–water partition coefficient (Wildman–Crippen LogP) is 2.58. The highest BCUT2D eigenvalue weighted by molar-refractivity contribution is 6.02. The number of ketones is 1. The van der Waals surface area contributed by atoms with Gasteiger partial charge in [-0.3, -0.25) is 9.59 Å². The van der Waals surface area contributed by atoms with Crippen molar-refractivity contribution in [3.05, 3.63) is 47.5 Å². The van der Waals surface area contributed by atoms with Crippen molar-refractivity contribution in [1.29, 1.82) is 0 Å². The Labute approximate surface area is 126 Å². The van der Waals surface area contributed by atoms with Gasteiger partial charge >= 0.3 is 5.97 Å². The van der Waals surface area contributed by atoms with Gasteiger partial charge in [-0.05, 0) is 38.0 Å². The van der Waals surface area contributed by atoms with E-state index in [4.69, 9.17) is 4.74 Å². The normalized spacial score (nSPS) is 11.8. The van der Waals surface area contributed by atoms with E-state index < -0.39 is 6.04 Å². The third-order valence-corrected chi connectivity index (χ3v) is 3.29. The first kappa shape index (κ1) is 17.1. The number of nitrogens with one attached hydrogen (secondary N) is 1. The van der Waals surface area contributed by atoms with Crippen LogP contribution < -0.4 is 5.32 Å². The summed E-state index contributed by atoms with van der Waals surface area (Å²) in [7, 11) is 0. The van der Waals surface area contributed by atoms with Gasteiger partial charge in [-0.15, -0.1) is 6.58 Å². The maximum absolute atomic E-state index is 12.5. The highest BCUT2D eigenvalue weighted by Gasteiger charge is 2.23. The van der Waals surface area contributed by atoms with E-state index in [9.17, 15) is 9.59 Å². The molecule has 0 spiro atoms. The summed E-state index contributed by atoms with van der Waals surface area (Å²) in [6.07, 6.45) is 1.68. The Hall–Kier alpha value is -1.94. The first-order chi connectivity index (χ1) is 9.99. The molecule has 0 aliphatic heterocycles. The Morgan fingerprint density at radius 2 is 2.05 bits per heavy atom. The fourth-order valence-corrected chi connectivity index (χ4v) is 1.97. The van der Waals surface area contributed by atoms with Gasteiger partial charge in [0.2, 0.25) is 0 Å². The quantitative estimate of drug-likeness (QED) is 0.454. The summed E-state index contributed by atoms with van der Waals surface area (Å²) in [5.41, 5.74) is 2.79. The van der Waals surface area contributed by atoms with E-state index in [2.05, 4.69) is 11.9 Å². The third kappa shape index (κ3) is 5.16. The minimum absolute atomic E-state index is 0.0213. The second-order valence-electron chi connectivity index (χ2n) is 4.92. The standard InChI is InChI=1S/C17H23NO3/c1-5-9-18-15(11-16(19)21-6-2)17(20)14-8-7-12(3)13(4)10-14/h5,7-8,10,15,18H,1,6,9,11H2,2-4H3. The summed E-state index contributed by atoms with van der Waals surface area (Å²) >= 11 is 0. The van der Waals surface area contributed by atoms with Crippen LogP contribution in [-0.2, 0) is 9.53 Å². The molecule has 114 valence electrons. The second kappa shape index (κ2) is 8.37. The first-order valence-corrected chi connectivity index (χ1v) is 7.11. The van der Waals surface area contributed by atoms with Crippen LogP contribution in [0.25, 0.3) is 0 Å². The zero-order valence-electron chi connectivity index (χ0n) is 12.9. The van der Waals surface area contributed by atoms with Crippen LogP contribution in [0, 0.1) is 13.8 Å². The summed E-state index contributed by atoms with van der Waals surface area (Å²) in [5.74, 6) is -0.482. The van der Waals surface area contributed by atoms with Gasteiger partial charge in [0.25, 0.3) is 0 Å². The average Bonchev–Trinajstić information content (AvgIpc) is 2.46. The van der Waals surface area contributed by atoms with Crippen LogP contribution in [0.15, 0.2) is 30.9 Å². The zero-order chi connectivity index (χ0) is 15.8. The minimum atomic E-state index is -0.593. The van der Waals surface area contributed by atoms with Crippen molar-refractivity contribution in [2.45, 2.75) is 33.2 Å². The van der Waals surface area contributed by atoms with Gasteiger partial charge in [-0.25, -0.2) is 0 Å². The molecule has 0 radical (unpaired) electrons. The first-order valence-electron chi connectivity index (χ1n) is 7.11. The maximum atomic E-state index is 12.5. The van der Waals surface area contributed by atoms with Crippen molar-refractivity contribution in [2.24, 2.45) is 0 Å². The van der Waals surface area contributed by atoms with Gasteiger partial charge < -0.3 is 10.1 Å². The van der Waals surface area contributed by atoms with Crippen molar-refractivity contribution in [3.63, 3.8) is 0 Å². The van der Waals surface area contributed by atoms with Crippen LogP contribution in [0.2, 0.25) is 0 Å². The van der Waals surface area contributed by atoms with Crippen molar-refractivity contribution in [3.8, 4) is 0 Å². The Morgan fingerprint density at radius 3 is 2.62 bits per heavy atom. The molecule has 0 fully saturated rings. The van der Waals surface area contributed by atoms with Crippen LogP contribution in [0.4, 0.5) is 0 Å². The molecular weight excluding hydrogens is 266 g/mol. The van der Waals surface area contributed by atoms with E-state index in [1.54, 1.807) is 19.1 Å². The number of hydrogen-bond acceptors (Lipinski definition) is 4. The lowest BCUT2D eigenvalue weighted by atomic mass is 9.98.